The summed E-state index contributed by atoms with van der Waals surface area (Å²) in [6.07, 6.45) is 1.42. The number of carbonyl (C=O) groups is 2. The van der Waals surface area contributed by atoms with E-state index in [9.17, 15) is 9.59 Å². The summed E-state index contributed by atoms with van der Waals surface area (Å²) >= 11 is 6.03. The maximum atomic E-state index is 12.1. The fraction of sp³-hybridized carbons (Fsp3) is 0.160. The maximum absolute atomic E-state index is 12.1. The van der Waals surface area contributed by atoms with Gasteiger partial charge in [0.25, 0.3) is 0 Å². The van der Waals surface area contributed by atoms with Crippen LogP contribution in [0.2, 0.25) is 5.02 Å². The molecule has 0 saturated carbocycles. The first-order chi connectivity index (χ1) is 16.0. The van der Waals surface area contributed by atoms with Crippen LogP contribution in [0.15, 0.2) is 71.8 Å². The van der Waals surface area contributed by atoms with E-state index in [2.05, 4.69) is 15.8 Å². The summed E-state index contributed by atoms with van der Waals surface area (Å²) in [6, 6.07) is 20.1. The Hall–Kier alpha value is -3.84. The lowest BCUT2D eigenvalue weighted by Gasteiger charge is -2.12. The molecule has 0 saturated heterocycles. The molecule has 2 amide bonds. The topological polar surface area (TPSA) is 89.0 Å². The van der Waals surface area contributed by atoms with Gasteiger partial charge in [0.2, 0.25) is 0 Å². The van der Waals surface area contributed by atoms with Crippen molar-refractivity contribution in [3.8, 4) is 11.5 Å². The lowest BCUT2D eigenvalue weighted by molar-refractivity contribution is -0.136. The maximum Gasteiger partial charge on any atom is 0.329 e. The molecule has 0 radical (unpaired) electrons. The van der Waals surface area contributed by atoms with Gasteiger partial charge >= 0.3 is 11.8 Å². The predicted octanol–water partition coefficient (Wildman–Crippen LogP) is 4.71. The first kappa shape index (κ1) is 23.8. The normalized spacial score (nSPS) is 10.6. The largest absolute Gasteiger partial charge is 0.490 e. The number of benzene rings is 3. The molecule has 3 aromatic rings. The lowest BCUT2D eigenvalue weighted by Crippen LogP contribution is -2.32. The molecule has 0 atom stereocenters. The second kappa shape index (κ2) is 11.7. The quantitative estimate of drug-likeness (QED) is 0.286. The number of anilines is 1. The minimum Gasteiger partial charge on any atom is -0.490 e. The third kappa shape index (κ3) is 6.82. The third-order valence-corrected chi connectivity index (χ3v) is 5.02. The summed E-state index contributed by atoms with van der Waals surface area (Å²) in [4.78, 5) is 24.2. The zero-order chi connectivity index (χ0) is 23.6. The summed E-state index contributed by atoms with van der Waals surface area (Å²) in [7, 11) is 0. The van der Waals surface area contributed by atoms with E-state index in [4.69, 9.17) is 21.1 Å². The summed E-state index contributed by atoms with van der Waals surface area (Å²) in [5, 5.41) is 6.87. The molecule has 0 unspecified atom stereocenters. The van der Waals surface area contributed by atoms with E-state index in [0.29, 0.717) is 46.5 Å². The zero-order valence-electron chi connectivity index (χ0n) is 18.3. The van der Waals surface area contributed by atoms with Crippen LogP contribution in [0, 0.1) is 6.92 Å². The summed E-state index contributed by atoms with van der Waals surface area (Å²) < 4.78 is 11.5. The number of ether oxygens (including phenoxy) is 2. The number of halogens is 1. The highest BCUT2D eigenvalue weighted by molar-refractivity contribution is 6.40. The smallest absolute Gasteiger partial charge is 0.329 e. The van der Waals surface area contributed by atoms with Crippen molar-refractivity contribution in [3.63, 3.8) is 0 Å². The van der Waals surface area contributed by atoms with Gasteiger partial charge in [0.1, 0.15) is 6.61 Å². The first-order valence-corrected chi connectivity index (χ1v) is 10.7. The molecule has 0 aliphatic rings. The molecule has 0 aromatic heterocycles. The molecule has 170 valence electrons. The molecular formula is C25H24ClN3O4. The van der Waals surface area contributed by atoms with Crippen molar-refractivity contribution in [2.75, 3.05) is 11.9 Å². The number of amides is 2. The lowest BCUT2D eigenvalue weighted by atomic mass is 10.2. The van der Waals surface area contributed by atoms with Crippen molar-refractivity contribution >= 4 is 35.3 Å². The monoisotopic (exact) mass is 465 g/mol. The highest BCUT2D eigenvalue weighted by Gasteiger charge is 2.14. The van der Waals surface area contributed by atoms with E-state index >= 15 is 0 Å². The third-order valence-electron chi connectivity index (χ3n) is 4.61. The van der Waals surface area contributed by atoms with Crippen LogP contribution in [0.3, 0.4) is 0 Å². The summed E-state index contributed by atoms with van der Waals surface area (Å²) in [5.41, 5.74) is 5.04. The van der Waals surface area contributed by atoms with Crippen molar-refractivity contribution in [3.05, 3.63) is 88.4 Å². The number of carbonyl (C=O) groups excluding carboxylic acids is 2. The molecule has 2 N–H and O–H groups in total. The zero-order valence-corrected chi connectivity index (χ0v) is 19.1. The number of hydrazone groups is 1. The van der Waals surface area contributed by atoms with Crippen LogP contribution in [0.1, 0.15) is 23.6 Å². The van der Waals surface area contributed by atoms with Gasteiger partial charge in [-0.25, -0.2) is 5.43 Å². The SMILES string of the molecule is CCOc1cc(/C=N/NC(=O)C(=O)Nc2cccc(Cl)c2C)ccc1OCc1ccccc1. The van der Waals surface area contributed by atoms with E-state index in [1.54, 1.807) is 43.3 Å². The molecule has 3 aromatic carbocycles. The van der Waals surface area contributed by atoms with Gasteiger partial charge in [-0.1, -0.05) is 48.0 Å². The fourth-order valence-corrected chi connectivity index (χ4v) is 3.04. The second-order valence-corrected chi connectivity index (χ2v) is 7.39. The summed E-state index contributed by atoms with van der Waals surface area (Å²) in [6.45, 7) is 4.49. The number of nitrogens with zero attached hydrogens (tertiary/aromatic N) is 1. The molecule has 0 bridgehead atoms. The predicted molar refractivity (Wildman–Crippen MR) is 129 cm³/mol. The Morgan fingerprint density at radius 3 is 2.52 bits per heavy atom. The highest BCUT2D eigenvalue weighted by Crippen LogP contribution is 2.29. The second-order valence-electron chi connectivity index (χ2n) is 6.98. The minimum absolute atomic E-state index is 0.408. The molecule has 0 aliphatic carbocycles. The van der Waals surface area contributed by atoms with Crippen LogP contribution >= 0.6 is 11.6 Å². The Bertz CT molecular complexity index is 1150. The number of hydrogen-bond acceptors (Lipinski definition) is 5. The standard InChI is InChI=1S/C25H24ClN3O4/c1-3-32-23-14-19(12-13-22(23)33-16-18-8-5-4-6-9-18)15-27-29-25(31)24(30)28-21-11-7-10-20(26)17(21)2/h4-15H,3,16H2,1-2H3,(H,28,30)(H,29,31)/b27-15+. The molecular weight excluding hydrogens is 442 g/mol. The van der Waals surface area contributed by atoms with Crippen LogP contribution in [-0.4, -0.2) is 24.6 Å². The number of rotatable bonds is 8. The first-order valence-electron chi connectivity index (χ1n) is 10.3. The van der Waals surface area contributed by atoms with Crippen molar-refractivity contribution < 1.29 is 19.1 Å². The Balaban J connectivity index is 1.60. The van der Waals surface area contributed by atoms with E-state index < -0.39 is 11.8 Å². The van der Waals surface area contributed by atoms with Gasteiger partial charge in [-0.05, 0) is 60.9 Å². The highest BCUT2D eigenvalue weighted by atomic mass is 35.5. The van der Waals surface area contributed by atoms with E-state index in [1.165, 1.54) is 6.21 Å². The fourth-order valence-electron chi connectivity index (χ4n) is 2.87. The average Bonchev–Trinajstić information content (AvgIpc) is 2.82. The molecule has 0 spiro atoms. The molecule has 8 heteroatoms. The minimum atomic E-state index is -0.904. The van der Waals surface area contributed by atoms with E-state index in [1.807, 2.05) is 37.3 Å². The Kier molecular flexibility index (Phi) is 8.43. The van der Waals surface area contributed by atoms with Crippen LogP contribution in [0.4, 0.5) is 5.69 Å². The van der Waals surface area contributed by atoms with Crippen molar-refractivity contribution in [1.82, 2.24) is 5.43 Å². The Morgan fingerprint density at radius 1 is 0.970 bits per heavy atom. The molecule has 3 rings (SSSR count). The van der Waals surface area contributed by atoms with Gasteiger partial charge < -0.3 is 14.8 Å². The molecule has 33 heavy (non-hydrogen) atoms. The molecule has 0 fully saturated rings. The van der Waals surface area contributed by atoms with Gasteiger partial charge in [-0.15, -0.1) is 0 Å². The van der Waals surface area contributed by atoms with E-state index in [-0.39, 0.29) is 0 Å². The summed E-state index contributed by atoms with van der Waals surface area (Å²) in [5.74, 6) is -0.605. The van der Waals surface area contributed by atoms with Gasteiger partial charge in [0.15, 0.2) is 11.5 Å². The van der Waals surface area contributed by atoms with Gasteiger partial charge in [0, 0.05) is 10.7 Å². The van der Waals surface area contributed by atoms with Crippen LogP contribution in [0.25, 0.3) is 0 Å². The van der Waals surface area contributed by atoms with E-state index in [0.717, 1.165) is 5.56 Å². The average molecular weight is 466 g/mol. The Labute approximate surface area is 197 Å². The van der Waals surface area contributed by atoms with Crippen LogP contribution in [-0.2, 0) is 16.2 Å². The van der Waals surface area contributed by atoms with Crippen LogP contribution < -0.4 is 20.2 Å². The van der Waals surface area contributed by atoms with Gasteiger partial charge in [0.05, 0.1) is 12.8 Å². The van der Waals surface area contributed by atoms with Crippen molar-refractivity contribution in [2.24, 2.45) is 5.10 Å². The number of hydrogen-bond donors (Lipinski definition) is 2. The van der Waals surface area contributed by atoms with Gasteiger partial charge in [-0.2, -0.15) is 5.10 Å². The molecule has 7 nitrogen and oxygen atoms in total. The molecule has 0 aliphatic heterocycles. The van der Waals surface area contributed by atoms with Gasteiger partial charge in [-0.3, -0.25) is 9.59 Å². The van der Waals surface area contributed by atoms with Crippen LogP contribution in [0.5, 0.6) is 11.5 Å². The Morgan fingerprint density at radius 2 is 1.76 bits per heavy atom. The number of nitrogens with one attached hydrogen (secondary N) is 2. The van der Waals surface area contributed by atoms with Crippen molar-refractivity contribution in [1.29, 1.82) is 0 Å². The molecule has 0 heterocycles. The van der Waals surface area contributed by atoms with Crippen molar-refractivity contribution in [2.45, 2.75) is 20.5 Å².